The van der Waals surface area contributed by atoms with Gasteiger partial charge in [0.1, 0.15) is 18.3 Å². The van der Waals surface area contributed by atoms with Crippen LogP contribution in [0.2, 0.25) is 5.02 Å². The highest BCUT2D eigenvalue weighted by molar-refractivity contribution is 7.92. The summed E-state index contributed by atoms with van der Waals surface area (Å²) in [5.74, 6) is -0.200. The van der Waals surface area contributed by atoms with E-state index >= 15 is 0 Å². The molecule has 1 N–H and O–H groups in total. The van der Waals surface area contributed by atoms with Gasteiger partial charge in [-0.2, -0.15) is 0 Å². The summed E-state index contributed by atoms with van der Waals surface area (Å²) in [7, 11) is -2.29. The minimum absolute atomic E-state index is 0.103. The Bertz CT molecular complexity index is 1150. The molecular weight excluding hydrogens is 490 g/mol. The van der Waals surface area contributed by atoms with Crippen LogP contribution in [0.15, 0.2) is 42.5 Å². The average molecular weight is 524 g/mol. The van der Waals surface area contributed by atoms with Crippen LogP contribution in [0.25, 0.3) is 0 Å². The van der Waals surface area contributed by atoms with E-state index < -0.39 is 28.5 Å². The summed E-state index contributed by atoms with van der Waals surface area (Å²) in [6.07, 6.45) is 1.39. The lowest BCUT2D eigenvalue weighted by atomic mass is 10.1. The van der Waals surface area contributed by atoms with Crippen molar-refractivity contribution in [2.24, 2.45) is 0 Å². The molecular formula is C25H34ClN3O5S. The predicted molar refractivity (Wildman–Crippen MR) is 139 cm³/mol. The molecule has 10 heteroatoms. The fraction of sp³-hybridized carbons (Fsp3) is 0.440. The quantitative estimate of drug-likeness (QED) is 0.484. The Morgan fingerprint density at radius 1 is 1.14 bits per heavy atom. The first kappa shape index (κ1) is 28.5. The Kier molecular flexibility index (Phi) is 9.97. The largest absolute Gasteiger partial charge is 0.497 e. The minimum atomic E-state index is -3.83. The number of carbonyl (C=O) groups excluding carboxylic acids is 2. The van der Waals surface area contributed by atoms with Gasteiger partial charge in [0.15, 0.2) is 0 Å². The Morgan fingerprint density at radius 2 is 1.80 bits per heavy atom. The van der Waals surface area contributed by atoms with Gasteiger partial charge < -0.3 is 15.0 Å². The SMILES string of the molecule is CCC(C(=O)NC(C)C)N(Cc1cccc(OC)c1)C(=O)CN(c1cccc(Cl)c1C)S(C)(=O)=O. The Balaban J connectivity index is 2.50. The number of anilines is 1. The van der Waals surface area contributed by atoms with Crippen LogP contribution in [0.4, 0.5) is 5.69 Å². The predicted octanol–water partition coefficient (Wildman–Crippen LogP) is 3.76. The first-order chi connectivity index (χ1) is 16.4. The number of sulfonamides is 1. The summed E-state index contributed by atoms with van der Waals surface area (Å²) in [5.41, 5.74) is 1.60. The van der Waals surface area contributed by atoms with Gasteiger partial charge in [-0.1, -0.05) is 36.7 Å². The zero-order valence-corrected chi connectivity index (χ0v) is 22.6. The smallest absolute Gasteiger partial charge is 0.244 e. The molecule has 2 rings (SSSR count). The molecule has 8 nitrogen and oxygen atoms in total. The third-order valence-electron chi connectivity index (χ3n) is 5.49. The van der Waals surface area contributed by atoms with Crippen LogP contribution in [0.5, 0.6) is 5.75 Å². The lowest BCUT2D eigenvalue weighted by molar-refractivity contribution is -0.140. The maximum absolute atomic E-state index is 13.7. The van der Waals surface area contributed by atoms with Crippen molar-refractivity contribution in [3.8, 4) is 5.75 Å². The molecule has 0 spiro atoms. The molecule has 1 atom stereocenters. The number of hydrogen-bond acceptors (Lipinski definition) is 5. The third kappa shape index (κ3) is 7.60. The molecule has 0 fully saturated rings. The normalized spacial score (nSPS) is 12.2. The van der Waals surface area contributed by atoms with Crippen molar-refractivity contribution in [1.29, 1.82) is 0 Å². The molecule has 0 saturated heterocycles. The second kappa shape index (κ2) is 12.3. The zero-order valence-electron chi connectivity index (χ0n) is 21.0. The highest BCUT2D eigenvalue weighted by Crippen LogP contribution is 2.28. The maximum atomic E-state index is 13.7. The van der Waals surface area contributed by atoms with Gasteiger partial charge in [0.05, 0.1) is 19.1 Å². The number of nitrogens with zero attached hydrogens (tertiary/aromatic N) is 2. The van der Waals surface area contributed by atoms with E-state index in [1.165, 1.54) is 4.90 Å². The number of amides is 2. The summed E-state index contributed by atoms with van der Waals surface area (Å²) in [5, 5.41) is 3.25. The number of methoxy groups -OCH3 is 1. The van der Waals surface area contributed by atoms with E-state index in [0.29, 0.717) is 28.4 Å². The van der Waals surface area contributed by atoms with Gasteiger partial charge in [-0.25, -0.2) is 8.42 Å². The van der Waals surface area contributed by atoms with Crippen LogP contribution in [-0.4, -0.2) is 57.1 Å². The number of carbonyl (C=O) groups is 2. The van der Waals surface area contributed by atoms with E-state index in [0.717, 1.165) is 16.1 Å². The van der Waals surface area contributed by atoms with Gasteiger partial charge in [-0.3, -0.25) is 13.9 Å². The molecule has 0 saturated carbocycles. The Labute approximate surface area is 213 Å². The molecule has 0 aliphatic carbocycles. The molecule has 0 aliphatic heterocycles. The highest BCUT2D eigenvalue weighted by Gasteiger charge is 2.32. The molecule has 2 aromatic rings. The molecule has 0 radical (unpaired) electrons. The van der Waals surface area contributed by atoms with Gasteiger partial charge in [-0.15, -0.1) is 0 Å². The van der Waals surface area contributed by atoms with Crippen LogP contribution >= 0.6 is 11.6 Å². The lowest BCUT2D eigenvalue weighted by Gasteiger charge is -2.33. The Hall–Kier alpha value is -2.78. The standard InChI is InChI=1S/C25H34ClN3O5S/c1-7-22(25(31)27-17(2)3)28(15-19-10-8-11-20(14-19)34-5)24(30)16-29(35(6,32)33)23-13-9-12-21(26)18(23)4/h8-14,17,22H,7,15-16H2,1-6H3,(H,27,31). The molecule has 0 aromatic heterocycles. The van der Waals surface area contributed by atoms with Crippen molar-refractivity contribution in [2.75, 3.05) is 24.2 Å². The van der Waals surface area contributed by atoms with Crippen LogP contribution in [0, 0.1) is 6.92 Å². The van der Waals surface area contributed by atoms with Crippen molar-refractivity contribution in [2.45, 2.75) is 52.7 Å². The first-order valence-corrected chi connectivity index (χ1v) is 13.6. The third-order valence-corrected chi connectivity index (χ3v) is 7.03. The maximum Gasteiger partial charge on any atom is 0.244 e. The molecule has 2 aromatic carbocycles. The lowest BCUT2D eigenvalue weighted by Crippen LogP contribution is -2.53. The molecule has 0 heterocycles. The van der Waals surface area contributed by atoms with Crippen molar-refractivity contribution in [3.63, 3.8) is 0 Å². The number of halogens is 1. The summed E-state index contributed by atoms with van der Waals surface area (Å²) >= 11 is 6.22. The van der Waals surface area contributed by atoms with E-state index in [4.69, 9.17) is 16.3 Å². The van der Waals surface area contributed by atoms with E-state index in [1.54, 1.807) is 50.4 Å². The molecule has 0 bridgehead atoms. The van der Waals surface area contributed by atoms with Crippen molar-refractivity contribution in [3.05, 3.63) is 58.6 Å². The fourth-order valence-electron chi connectivity index (χ4n) is 3.73. The van der Waals surface area contributed by atoms with E-state index in [-0.39, 0.29) is 18.5 Å². The van der Waals surface area contributed by atoms with Crippen LogP contribution < -0.4 is 14.4 Å². The number of hydrogen-bond donors (Lipinski definition) is 1. The topological polar surface area (TPSA) is 96.0 Å². The summed E-state index contributed by atoms with van der Waals surface area (Å²) in [4.78, 5) is 28.1. The number of rotatable bonds is 11. The van der Waals surface area contributed by atoms with Crippen molar-refractivity contribution >= 4 is 39.1 Å². The van der Waals surface area contributed by atoms with Crippen LogP contribution in [-0.2, 0) is 26.2 Å². The van der Waals surface area contributed by atoms with Crippen molar-refractivity contribution in [1.82, 2.24) is 10.2 Å². The highest BCUT2D eigenvalue weighted by atomic mass is 35.5. The molecule has 35 heavy (non-hydrogen) atoms. The van der Waals surface area contributed by atoms with Crippen LogP contribution in [0.1, 0.15) is 38.3 Å². The molecule has 1 unspecified atom stereocenters. The summed E-state index contributed by atoms with van der Waals surface area (Å²) < 4.78 is 31.8. The number of ether oxygens (including phenoxy) is 1. The van der Waals surface area contributed by atoms with E-state index in [2.05, 4.69) is 5.32 Å². The van der Waals surface area contributed by atoms with Crippen molar-refractivity contribution < 1.29 is 22.7 Å². The van der Waals surface area contributed by atoms with Crippen LogP contribution in [0.3, 0.4) is 0 Å². The molecule has 2 amide bonds. The Morgan fingerprint density at radius 3 is 2.37 bits per heavy atom. The molecule has 0 aliphatic rings. The van der Waals surface area contributed by atoms with E-state index in [9.17, 15) is 18.0 Å². The summed E-state index contributed by atoms with van der Waals surface area (Å²) in [6.45, 7) is 6.81. The number of nitrogens with one attached hydrogen (secondary N) is 1. The second-order valence-corrected chi connectivity index (χ2v) is 10.9. The van der Waals surface area contributed by atoms with Gasteiger partial charge in [0.2, 0.25) is 21.8 Å². The first-order valence-electron chi connectivity index (χ1n) is 11.3. The van der Waals surface area contributed by atoms with E-state index in [1.807, 2.05) is 26.8 Å². The number of benzene rings is 2. The fourth-order valence-corrected chi connectivity index (χ4v) is 4.80. The summed E-state index contributed by atoms with van der Waals surface area (Å²) in [6, 6.07) is 11.2. The second-order valence-electron chi connectivity index (χ2n) is 8.61. The minimum Gasteiger partial charge on any atom is -0.497 e. The van der Waals surface area contributed by atoms with Gasteiger partial charge in [-0.05, 0) is 62.6 Å². The average Bonchev–Trinajstić information content (AvgIpc) is 2.78. The monoisotopic (exact) mass is 523 g/mol. The van der Waals surface area contributed by atoms with Gasteiger partial charge in [0.25, 0.3) is 0 Å². The molecule has 192 valence electrons. The van der Waals surface area contributed by atoms with Gasteiger partial charge >= 0.3 is 0 Å². The zero-order chi connectivity index (χ0) is 26.3. The van der Waals surface area contributed by atoms with Gasteiger partial charge in [0, 0.05) is 17.6 Å².